The molecule has 12 heteroatoms. The summed E-state index contributed by atoms with van der Waals surface area (Å²) in [5.74, 6) is -1.68. The molecular formula is C25H27F2N5O4S. The first-order chi connectivity index (χ1) is 17.6. The van der Waals surface area contributed by atoms with Crippen LogP contribution in [0.25, 0.3) is 5.69 Å². The van der Waals surface area contributed by atoms with Gasteiger partial charge in [0, 0.05) is 57.0 Å². The van der Waals surface area contributed by atoms with Gasteiger partial charge in [-0.2, -0.15) is 14.1 Å². The second-order valence-electron chi connectivity index (χ2n) is 9.44. The van der Waals surface area contributed by atoms with Gasteiger partial charge in [-0.05, 0) is 37.6 Å². The molecule has 1 unspecified atom stereocenters. The van der Waals surface area contributed by atoms with Crippen LogP contribution in [0.4, 0.5) is 14.5 Å². The van der Waals surface area contributed by atoms with Crippen molar-refractivity contribution in [3.8, 4) is 11.4 Å². The lowest BCUT2D eigenvalue weighted by Crippen LogP contribution is -2.50. The number of aromatic nitrogens is 3. The summed E-state index contributed by atoms with van der Waals surface area (Å²) >= 11 is 0. The molecule has 0 N–H and O–H groups in total. The molecule has 5 rings (SSSR count). The van der Waals surface area contributed by atoms with Crippen LogP contribution in [0.1, 0.15) is 25.1 Å². The van der Waals surface area contributed by atoms with Crippen molar-refractivity contribution in [2.45, 2.75) is 38.0 Å². The Morgan fingerprint density at radius 3 is 2.41 bits per heavy atom. The molecule has 1 aromatic carbocycles. The molecule has 3 aromatic rings. The van der Waals surface area contributed by atoms with Crippen molar-refractivity contribution in [2.24, 2.45) is 0 Å². The van der Waals surface area contributed by atoms with Gasteiger partial charge in [0.15, 0.2) is 0 Å². The van der Waals surface area contributed by atoms with Crippen LogP contribution in [0.15, 0.2) is 47.5 Å². The topological polar surface area (TPSA) is 97.6 Å². The molecule has 0 radical (unpaired) electrons. The van der Waals surface area contributed by atoms with E-state index < -0.39 is 32.5 Å². The largest absolute Gasteiger partial charge is 0.482 e. The molecule has 1 aliphatic heterocycles. The summed E-state index contributed by atoms with van der Waals surface area (Å²) in [7, 11) is -3.41. The van der Waals surface area contributed by atoms with Gasteiger partial charge in [-0.1, -0.05) is 6.07 Å². The van der Waals surface area contributed by atoms with Crippen LogP contribution in [0.5, 0.6) is 5.75 Å². The maximum Gasteiger partial charge on any atom is 0.316 e. The van der Waals surface area contributed by atoms with Gasteiger partial charge in [0.1, 0.15) is 23.4 Å². The Labute approximate surface area is 213 Å². The molecule has 2 aromatic heterocycles. The third-order valence-electron chi connectivity index (χ3n) is 6.68. The molecule has 0 saturated carbocycles. The Kier molecular flexibility index (Phi) is 6.71. The van der Waals surface area contributed by atoms with Crippen molar-refractivity contribution in [3.63, 3.8) is 0 Å². The first-order valence-corrected chi connectivity index (χ1v) is 13.6. The van der Waals surface area contributed by atoms with Crippen molar-refractivity contribution in [1.29, 1.82) is 0 Å². The average molecular weight is 532 g/mol. The van der Waals surface area contributed by atoms with Crippen LogP contribution in [0.2, 0.25) is 0 Å². The lowest BCUT2D eigenvalue weighted by Gasteiger charge is -2.36. The number of nitrogens with zero attached hydrogens (tertiary/aromatic N) is 5. The van der Waals surface area contributed by atoms with E-state index in [1.807, 2.05) is 17.0 Å². The minimum atomic E-state index is -3.41. The summed E-state index contributed by atoms with van der Waals surface area (Å²) in [6.07, 6.45) is 3.83. The quantitative estimate of drug-likeness (QED) is 0.482. The van der Waals surface area contributed by atoms with E-state index in [-0.39, 0.29) is 30.6 Å². The van der Waals surface area contributed by atoms with Gasteiger partial charge in [0.2, 0.25) is 15.8 Å². The Bertz CT molecular complexity index is 1440. The van der Waals surface area contributed by atoms with Crippen LogP contribution in [-0.2, 0) is 22.9 Å². The summed E-state index contributed by atoms with van der Waals surface area (Å²) in [5, 5.41) is 3.65. The molecule has 3 heterocycles. The van der Waals surface area contributed by atoms with Gasteiger partial charge >= 0.3 is 5.56 Å². The minimum Gasteiger partial charge on any atom is -0.482 e. The van der Waals surface area contributed by atoms with Crippen molar-refractivity contribution in [1.82, 2.24) is 19.1 Å². The number of benzene rings is 1. The van der Waals surface area contributed by atoms with Gasteiger partial charge in [-0.15, -0.1) is 0 Å². The molecular weight excluding hydrogens is 504 g/mol. The lowest BCUT2D eigenvalue weighted by atomic mass is 10.2. The zero-order chi connectivity index (χ0) is 26.3. The third kappa shape index (κ3) is 4.95. The molecule has 1 atom stereocenters. The number of pyridine rings is 1. The fraction of sp³-hybridized carbons (Fsp3) is 0.400. The van der Waals surface area contributed by atoms with E-state index >= 15 is 0 Å². The SMILES string of the molecule is CC(C)S(=O)(=O)N1CCN(c2cnn(-c3cc(F)cc(F)c3)c(=O)c2OC2Cc3cccnc3C2)CC1. The maximum absolute atomic E-state index is 13.9. The van der Waals surface area contributed by atoms with Gasteiger partial charge in [-0.25, -0.2) is 17.2 Å². The number of anilines is 1. The number of hydrogen-bond donors (Lipinski definition) is 0. The van der Waals surface area contributed by atoms with Gasteiger partial charge in [0.05, 0.1) is 17.1 Å². The predicted molar refractivity (Wildman–Crippen MR) is 134 cm³/mol. The summed E-state index contributed by atoms with van der Waals surface area (Å²) < 4.78 is 61.6. The van der Waals surface area contributed by atoms with Crippen LogP contribution < -0.4 is 15.2 Å². The summed E-state index contributed by atoms with van der Waals surface area (Å²) in [6, 6.07) is 6.56. The minimum absolute atomic E-state index is 0.00218. The van der Waals surface area contributed by atoms with Gasteiger partial charge < -0.3 is 9.64 Å². The number of fused-ring (bicyclic) bond motifs is 1. The second kappa shape index (κ2) is 9.82. The van der Waals surface area contributed by atoms with Crippen molar-refractivity contribution >= 4 is 15.7 Å². The van der Waals surface area contributed by atoms with Gasteiger partial charge in [0.25, 0.3) is 0 Å². The molecule has 1 fully saturated rings. The average Bonchev–Trinajstić information content (AvgIpc) is 3.27. The van der Waals surface area contributed by atoms with Crippen LogP contribution in [0, 0.1) is 11.6 Å². The van der Waals surface area contributed by atoms with Crippen LogP contribution in [-0.4, -0.2) is 65.0 Å². The molecule has 0 amide bonds. The highest BCUT2D eigenvalue weighted by atomic mass is 32.2. The second-order valence-corrected chi connectivity index (χ2v) is 11.9. The van der Waals surface area contributed by atoms with Crippen molar-refractivity contribution in [2.75, 3.05) is 31.1 Å². The predicted octanol–water partition coefficient (Wildman–Crippen LogP) is 2.31. The van der Waals surface area contributed by atoms with E-state index in [1.165, 1.54) is 10.5 Å². The lowest BCUT2D eigenvalue weighted by molar-refractivity contribution is 0.209. The number of rotatable bonds is 6. The Morgan fingerprint density at radius 1 is 1.05 bits per heavy atom. The summed E-state index contributed by atoms with van der Waals surface area (Å²) in [4.78, 5) is 19.8. The molecule has 0 spiro atoms. The van der Waals surface area contributed by atoms with Crippen molar-refractivity contribution in [3.05, 3.63) is 76.0 Å². The highest BCUT2D eigenvalue weighted by Crippen LogP contribution is 2.30. The van der Waals surface area contributed by atoms with E-state index in [9.17, 15) is 22.0 Å². The fourth-order valence-electron chi connectivity index (χ4n) is 4.72. The first-order valence-electron chi connectivity index (χ1n) is 12.1. The Morgan fingerprint density at radius 2 is 1.76 bits per heavy atom. The zero-order valence-electron chi connectivity index (χ0n) is 20.5. The van der Waals surface area contributed by atoms with E-state index in [4.69, 9.17) is 4.74 Å². The smallest absolute Gasteiger partial charge is 0.316 e. The van der Waals surface area contributed by atoms with E-state index in [2.05, 4.69) is 10.1 Å². The molecule has 1 aliphatic carbocycles. The highest BCUT2D eigenvalue weighted by molar-refractivity contribution is 7.89. The Hall–Kier alpha value is -3.38. The fourth-order valence-corrected chi connectivity index (χ4v) is 5.98. The number of ether oxygens (including phenoxy) is 1. The molecule has 1 saturated heterocycles. The maximum atomic E-state index is 13.9. The number of piperazine rings is 1. The molecule has 2 aliphatic rings. The standard InChI is InChI=1S/C25H27F2N5O4S/c1-16(2)37(34,35)31-8-6-30(7-9-31)23-15-29-32(20-12-18(26)11-19(27)13-20)25(33)24(23)36-21-10-17-4-3-5-28-22(17)14-21/h3-5,11-13,15-16,21H,6-10,14H2,1-2H3. The molecule has 9 nitrogen and oxygen atoms in total. The molecule has 196 valence electrons. The number of sulfonamides is 1. The molecule has 37 heavy (non-hydrogen) atoms. The van der Waals surface area contributed by atoms with E-state index in [1.54, 1.807) is 20.0 Å². The first kappa shape index (κ1) is 25.3. The number of hydrogen-bond acceptors (Lipinski definition) is 7. The molecule has 0 bridgehead atoms. The number of halogens is 2. The van der Waals surface area contributed by atoms with Crippen LogP contribution >= 0.6 is 0 Å². The van der Waals surface area contributed by atoms with Crippen LogP contribution in [0.3, 0.4) is 0 Å². The van der Waals surface area contributed by atoms with Gasteiger partial charge in [-0.3, -0.25) is 9.78 Å². The normalized spacial score (nSPS) is 18.3. The zero-order valence-corrected chi connectivity index (χ0v) is 21.3. The Balaban J connectivity index is 1.49. The van der Waals surface area contributed by atoms with E-state index in [0.29, 0.717) is 37.7 Å². The van der Waals surface area contributed by atoms with E-state index in [0.717, 1.165) is 28.1 Å². The third-order valence-corrected chi connectivity index (χ3v) is 8.96. The summed E-state index contributed by atoms with van der Waals surface area (Å²) in [6.45, 7) is 4.43. The van der Waals surface area contributed by atoms with Crippen molar-refractivity contribution < 1.29 is 21.9 Å². The summed E-state index contributed by atoms with van der Waals surface area (Å²) in [5.41, 5.74) is 1.60. The monoisotopic (exact) mass is 531 g/mol. The highest BCUT2D eigenvalue weighted by Gasteiger charge is 2.32.